The molecule has 2 aliphatic rings. The van der Waals surface area contributed by atoms with Crippen LogP contribution in [0.5, 0.6) is 0 Å². The maximum absolute atomic E-state index is 3.47. The van der Waals surface area contributed by atoms with Gasteiger partial charge in [-0.25, -0.2) is 0 Å². The van der Waals surface area contributed by atoms with E-state index in [-0.39, 0.29) is 0 Å². The number of aromatic nitrogens is 1. The fourth-order valence-corrected chi connectivity index (χ4v) is 2.54. The van der Waals surface area contributed by atoms with Crippen molar-refractivity contribution in [2.24, 2.45) is 0 Å². The van der Waals surface area contributed by atoms with E-state index < -0.39 is 0 Å². The van der Waals surface area contributed by atoms with E-state index >= 15 is 0 Å². The average molecular weight is 229 g/mol. The van der Waals surface area contributed by atoms with Gasteiger partial charge in [0.2, 0.25) is 0 Å². The van der Waals surface area contributed by atoms with Gasteiger partial charge in [0.1, 0.15) is 0 Å². The van der Waals surface area contributed by atoms with Crippen molar-refractivity contribution in [1.29, 1.82) is 0 Å². The number of para-hydroxylation sites is 1. The van der Waals surface area contributed by atoms with E-state index in [0.717, 1.165) is 16.8 Å². The largest absolute Gasteiger partial charge is 0.354 e. The maximum Gasteiger partial charge on any atom is 0.0477 e. The van der Waals surface area contributed by atoms with Crippen LogP contribution >= 0.6 is 0 Å². The fraction of sp³-hybridized carbons (Fsp3) is 0. The standard InChI is InChI=1S/C17H11N/c1-2-6-13-11-12(5-1)9-10-16-17(13)14-7-3-4-8-15(14)18-16/h1-10,18H. The summed E-state index contributed by atoms with van der Waals surface area (Å²) < 4.78 is 0. The molecule has 0 saturated carbocycles. The molecule has 1 N–H and O–H groups in total. The third-order valence-corrected chi connectivity index (χ3v) is 3.36. The molecule has 0 amide bonds. The Balaban J connectivity index is 2.15. The first-order chi connectivity index (χ1) is 8.92. The van der Waals surface area contributed by atoms with Crippen molar-refractivity contribution in [2.75, 3.05) is 0 Å². The van der Waals surface area contributed by atoms with Gasteiger partial charge in [-0.15, -0.1) is 5.73 Å². The predicted octanol–water partition coefficient (Wildman–Crippen LogP) is 4.23. The second kappa shape index (κ2) is 3.49. The zero-order valence-corrected chi connectivity index (χ0v) is 9.77. The van der Waals surface area contributed by atoms with Gasteiger partial charge in [-0.1, -0.05) is 30.4 Å². The van der Waals surface area contributed by atoms with Crippen molar-refractivity contribution in [3.8, 4) is 0 Å². The highest BCUT2D eigenvalue weighted by molar-refractivity contribution is 6.00. The molecule has 84 valence electrons. The number of nitrogens with one attached hydrogen (secondary N) is 1. The molecule has 1 nitrogen and oxygen atoms in total. The molecular formula is C17H11N. The van der Waals surface area contributed by atoms with E-state index in [4.69, 9.17) is 0 Å². The van der Waals surface area contributed by atoms with Gasteiger partial charge >= 0.3 is 0 Å². The number of H-pyrrole nitrogens is 1. The van der Waals surface area contributed by atoms with Crippen LogP contribution in [-0.4, -0.2) is 4.98 Å². The predicted molar refractivity (Wildman–Crippen MR) is 76.0 cm³/mol. The van der Waals surface area contributed by atoms with Crippen LogP contribution in [0.4, 0.5) is 0 Å². The van der Waals surface area contributed by atoms with Crippen LogP contribution in [0.25, 0.3) is 22.6 Å². The van der Waals surface area contributed by atoms with Crippen LogP contribution in [0.1, 0.15) is 11.3 Å². The van der Waals surface area contributed by atoms with E-state index in [9.17, 15) is 0 Å². The highest BCUT2D eigenvalue weighted by atomic mass is 14.7. The van der Waals surface area contributed by atoms with Crippen LogP contribution in [0, 0.1) is 0 Å². The molecule has 2 aromatic rings. The number of fused-ring (bicyclic) bond motifs is 4. The van der Waals surface area contributed by atoms with Crippen LogP contribution in [0.3, 0.4) is 0 Å². The average Bonchev–Trinajstić information content (AvgIpc) is 2.53. The Bertz CT molecular complexity index is 803. The van der Waals surface area contributed by atoms with Crippen LogP contribution in [0.15, 0.2) is 65.9 Å². The minimum Gasteiger partial charge on any atom is -0.354 e. The molecule has 0 spiro atoms. The summed E-state index contributed by atoms with van der Waals surface area (Å²) in [5.41, 5.74) is 9.31. The molecule has 0 saturated heterocycles. The number of benzene rings is 1. The zero-order chi connectivity index (χ0) is 11.9. The van der Waals surface area contributed by atoms with Crippen molar-refractivity contribution in [3.63, 3.8) is 0 Å². The Morgan fingerprint density at radius 3 is 2.78 bits per heavy atom. The van der Waals surface area contributed by atoms with Crippen LogP contribution in [-0.2, 0) is 0 Å². The maximum atomic E-state index is 3.47. The van der Waals surface area contributed by atoms with Gasteiger partial charge in [0, 0.05) is 33.3 Å². The number of allylic oxidation sites excluding steroid dienone is 6. The molecule has 0 radical (unpaired) electrons. The highest BCUT2D eigenvalue weighted by Gasteiger charge is 2.14. The summed E-state index contributed by atoms with van der Waals surface area (Å²) in [6.45, 7) is 0. The van der Waals surface area contributed by atoms with E-state index in [1.807, 2.05) is 0 Å². The number of hydrogen-bond donors (Lipinski definition) is 1. The summed E-state index contributed by atoms with van der Waals surface area (Å²) >= 11 is 0. The summed E-state index contributed by atoms with van der Waals surface area (Å²) in [7, 11) is 0. The monoisotopic (exact) mass is 229 g/mol. The summed E-state index contributed by atoms with van der Waals surface area (Å²) in [6.07, 6.45) is 12.6. The van der Waals surface area contributed by atoms with Gasteiger partial charge in [0.05, 0.1) is 0 Å². The third-order valence-electron chi connectivity index (χ3n) is 3.36. The van der Waals surface area contributed by atoms with Gasteiger partial charge in [-0.2, -0.15) is 0 Å². The lowest BCUT2D eigenvalue weighted by atomic mass is 10.0. The van der Waals surface area contributed by atoms with Gasteiger partial charge in [0.15, 0.2) is 0 Å². The van der Waals surface area contributed by atoms with E-state index in [0.29, 0.717) is 0 Å². The van der Waals surface area contributed by atoms with Crippen molar-refractivity contribution >= 4 is 22.6 Å². The first-order valence-electron chi connectivity index (χ1n) is 6.07. The van der Waals surface area contributed by atoms with Gasteiger partial charge < -0.3 is 4.98 Å². The minimum absolute atomic E-state index is 1.11. The molecule has 2 aliphatic carbocycles. The highest BCUT2D eigenvalue weighted by Crippen LogP contribution is 2.32. The first kappa shape index (κ1) is 9.52. The lowest BCUT2D eigenvalue weighted by Crippen LogP contribution is -1.81. The van der Waals surface area contributed by atoms with E-state index in [1.165, 1.54) is 16.5 Å². The Morgan fingerprint density at radius 2 is 1.78 bits per heavy atom. The first-order valence-corrected chi connectivity index (χ1v) is 6.07. The van der Waals surface area contributed by atoms with Crippen molar-refractivity contribution in [3.05, 3.63) is 77.2 Å². The molecule has 1 aromatic carbocycles. The van der Waals surface area contributed by atoms with E-state index in [2.05, 4.69) is 71.4 Å². The molecule has 1 heteroatoms. The Hall–Kier alpha value is -2.50. The van der Waals surface area contributed by atoms with Crippen molar-refractivity contribution < 1.29 is 0 Å². The lowest BCUT2D eigenvalue weighted by Gasteiger charge is -1.99. The van der Waals surface area contributed by atoms with Gasteiger partial charge in [0.25, 0.3) is 0 Å². The summed E-state index contributed by atoms with van der Waals surface area (Å²) in [6, 6.07) is 8.41. The molecule has 1 aromatic heterocycles. The van der Waals surface area contributed by atoms with E-state index in [1.54, 1.807) is 0 Å². The summed E-state index contributed by atoms with van der Waals surface area (Å²) in [5.74, 6) is 0. The molecule has 4 rings (SSSR count). The summed E-state index contributed by atoms with van der Waals surface area (Å²) in [5, 5.41) is 1.26. The second-order valence-corrected chi connectivity index (χ2v) is 4.50. The normalized spacial score (nSPS) is 16.0. The lowest BCUT2D eigenvalue weighted by molar-refractivity contribution is 1.42. The Kier molecular flexibility index (Phi) is 1.85. The molecule has 18 heavy (non-hydrogen) atoms. The fourth-order valence-electron chi connectivity index (χ4n) is 2.54. The molecule has 2 bridgehead atoms. The molecular weight excluding hydrogens is 218 g/mol. The van der Waals surface area contributed by atoms with Crippen LogP contribution < -0.4 is 0 Å². The van der Waals surface area contributed by atoms with Gasteiger partial charge in [-0.05, 0) is 30.4 Å². The number of rotatable bonds is 0. The third kappa shape index (κ3) is 1.29. The summed E-state index contributed by atoms with van der Waals surface area (Å²) in [4.78, 5) is 3.47. The molecule has 0 atom stereocenters. The molecule has 0 aliphatic heterocycles. The van der Waals surface area contributed by atoms with Crippen molar-refractivity contribution in [2.45, 2.75) is 0 Å². The number of hydrogen-bond acceptors (Lipinski definition) is 0. The molecule has 0 fully saturated rings. The molecule has 1 heterocycles. The Morgan fingerprint density at radius 1 is 0.889 bits per heavy atom. The van der Waals surface area contributed by atoms with Crippen LogP contribution in [0.2, 0.25) is 0 Å². The van der Waals surface area contributed by atoms with Gasteiger partial charge in [-0.3, -0.25) is 0 Å². The second-order valence-electron chi connectivity index (χ2n) is 4.50. The SMILES string of the molecule is C1=C2C=CC=CC=1c1c([nH]c3ccccc13)C=C2. The van der Waals surface area contributed by atoms with Crippen molar-refractivity contribution in [1.82, 2.24) is 4.98 Å². The Labute approximate surface area is 105 Å². The minimum atomic E-state index is 1.11. The molecule has 0 unspecified atom stereocenters. The smallest absolute Gasteiger partial charge is 0.0477 e. The zero-order valence-electron chi connectivity index (χ0n) is 9.77. The topological polar surface area (TPSA) is 15.8 Å². The quantitative estimate of drug-likeness (QED) is 0.651. The number of aromatic amines is 1.